The summed E-state index contributed by atoms with van der Waals surface area (Å²) in [5.74, 6) is 0. The molecule has 5 nitrogen and oxygen atoms in total. The molecule has 0 atom stereocenters. The molecule has 0 bridgehead atoms. The molecule has 0 saturated carbocycles. The predicted octanol–water partition coefficient (Wildman–Crippen LogP) is 5.37. The van der Waals surface area contributed by atoms with E-state index in [-0.39, 0.29) is 22.2 Å². The van der Waals surface area contributed by atoms with Crippen LogP contribution >= 0.6 is 0 Å². The van der Waals surface area contributed by atoms with E-state index in [9.17, 15) is 5.53 Å². The van der Waals surface area contributed by atoms with E-state index in [2.05, 4.69) is 71.3 Å². The second-order valence-corrected chi connectivity index (χ2v) is 14.4. The molecule has 24 heavy (non-hydrogen) atoms. The first kappa shape index (κ1) is 20.2. The Kier molecular flexibility index (Phi) is 5.51. The van der Waals surface area contributed by atoms with Crippen LogP contribution in [0.3, 0.4) is 0 Å². The average Bonchev–Trinajstić information content (AvgIpc) is 2.34. The first-order valence-electron chi connectivity index (χ1n) is 9.48. The third-order valence-electron chi connectivity index (χ3n) is 6.38. The fraction of sp³-hybridized carbons (Fsp3) is 1.00. The van der Waals surface area contributed by atoms with Crippen LogP contribution < -0.4 is 0 Å². The van der Waals surface area contributed by atoms with Gasteiger partial charge < -0.3 is 0 Å². The Morgan fingerprint density at radius 1 is 0.708 bits per heavy atom. The average molecular weight is 392 g/mol. The van der Waals surface area contributed by atoms with Gasteiger partial charge in [0, 0.05) is 0 Å². The Morgan fingerprint density at radius 3 is 1.25 bits per heavy atom. The molecule has 6 heteroatoms. The van der Waals surface area contributed by atoms with E-state index in [1.165, 1.54) is 38.5 Å². The maximum atomic E-state index is 9.43. The molecule has 136 valence electrons. The summed E-state index contributed by atoms with van der Waals surface area (Å²) in [5, 5.41) is 0. The van der Waals surface area contributed by atoms with Gasteiger partial charge in [-0.3, -0.25) is 0 Å². The van der Waals surface area contributed by atoms with Crippen LogP contribution in [0.25, 0.3) is 10.4 Å². The van der Waals surface area contributed by atoms with Gasteiger partial charge in [0.2, 0.25) is 0 Å². The normalized spacial score (nSPS) is 28.8. The van der Waals surface area contributed by atoms with Crippen LogP contribution in [0.5, 0.6) is 0 Å². The third kappa shape index (κ3) is 3.68. The van der Waals surface area contributed by atoms with Crippen molar-refractivity contribution in [1.29, 1.82) is 0 Å². The van der Waals surface area contributed by atoms with Gasteiger partial charge in [-0.15, -0.1) is 0 Å². The molecule has 0 unspecified atom stereocenters. The molecule has 0 amide bonds. The molecule has 0 aromatic rings. The summed E-state index contributed by atoms with van der Waals surface area (Å²) in [5.41, 5.74) is 9.84. The molecular formula is C18H36GaN5. The molecule has 2 aliphatic rings. The second-order valence-electron chi connectivity index (χ2n) is 10.2. The summed E-state index contributed by atoms with van der Waals surface area (Å²) in [6.07, 6.45) is 7.27. The van der Waals surface area contributed by atoms with Gasteiger partial charge in [0.05, 0.1) is 0 Å². The summed E-state index contributed by atoms with van der Waals surface area (Å²) < 4.78 is 9.95. The molecule has 0 N–H and O–H groups in total. The van der Waals surface area contributed by atoms with Crippen molar-refractivity contribution < 1.29 is 0 Å². The van der Waals surface area contributed by atoms with E-state index in [4.69, 9.17) is 0 Å². The van der Waals surface area contributed by atoms with Crippen molar-refractivity contribution in [3.05, 3.63) is 10.4 Å². The van der Waals surface area contributed by atoms with Crippen LogP contribution in [0, 0.1) is 0 Å². The van der Waals surface area contributed by atoms with E-state index in [1.54, 1.807) is 0 Å². The molecular weight excluding hydrogens is 356 g/mol. The number of hydrogen-bond donors (Lipinski definition) is 0. The van der Waals surface area contributed by atoms with Crippen molar-refractivity contribution in [1.82, 2.24) is 7.21 Å². The summed E-state index contributed by atoms with van der Waals surface area (Å²) in [6, 6.07) is 0. The van der Waals surface area contributed by atoms with Crippen LogP contribution in [0.15, 0.2) is 3.82 Å². The number of rotatable bonds is 3. The van der Waals surface area contributed by atoms with Crippen LogP contribution in [0.1, 0.15) is 93.9 Å². The minimum absolute atomic E-state index is 0.101. The van der Waals surface area contributed by atoms with Crippen molar-refractivity contribution in [2.45, 2.75) is 116 Å². The van der Waals surface area contributed by atoms with Gasteiger partial charge >= 0.3 is 154 Å². The second kappa shape index (κ2) is 6.55. The van der Waals surface area contributed by atoms with Crippen LogP contribution in [-0.4, -0.2) is 46.3 Å². The van der Waals surface area contributed by atoms with E-state index < -0.39 is 16.9 Å². The Morgan fingerprint density at radius 2 is 1.00 bits per heavy atom. The molecule has 0 radical (unpaired) electrons. The summed E-state index contributed by atoms with van der Waals surface area (Å²) in [6.45, 7) is 18.8. The Hall–Kier alpha value is -0.134. The van der Waals surface area contributed by atoms with Gasteiger partial charge in [-0.25, -0.2) is 0 Å². The Labute approximate surface area is 154 Å². The SMILES string of the molecule is CC1(C)CCCC(C)(C)[N]1[Ga]([N]=[N+]=[N-])[N]1C(C)(C)CCCC1(C)C. The Bertz CT molecular complexity index is 450. The summed E-state index contributed by atoms with van der Waals surface area (Å²) in [7, 11) is 0. The molecule has 2 aliphatic heterocycles. The van der Waals surface area contributed by atoms with Gasteiger partial charge in [-0.05, 0) is 0 Å². The Balaban J connectivity index is 2.56. The molecule has 2 rings (SSSR count). The maximum absolute atomic E-state index is 9.43. The van der Waals surface area contributed by atoms with Crippen molar-refractivity contribution in [2.75, 3.05) is 0 Å². The molecule has 2 heterocycles. The molecule has 0 aromatic heterocycles. The number of piperidine rings is 2. The summed E-state index contributed by atoms with van der Waals surface area (Å²) in [4.78, 5) is 3.37. The van der Waals surface area contributed by atoms with Crippen LogP contribution in [-0.2, 0) is 0 Å². The number of azide groups is 1. The third-order valence-corrected chi connectivity index (χ3v) is 14.8. The number of hydrogen-bond acceptors (Lipinski definition) is 3. The van der Waals surface area contributed by atoms with E-state index in [0.29, 0.717) is 0 Å². The molecule has 0 aromatic carbocycles. The standard InChI is InChI=1S/2C9H18N.Ga.N3/c2*1-8(2)6-5-7-9(3,4)10-8;;1-3-2/h2*5-7H2,1-4H3;;/q2*-1;+3;-1. The fourth-order valence-corrected chi connectivity index (χ4v) is 13.0. The van der Waals surface area contributed by atoms with Crippen molar-refractivity contribution in [3.8, 4) is 0 Å². The first-order chi connectivity index (χ1) is 10.9. The van der Waals surface area contributed by atoms with Gasteiger partial charge in [-0.2, -0.15) is 0 Å². The molecule has 0 spiro atoms. The van der Waals surface area contributed by atoms with Crippen LogP contribution in [0.2, 0.25) is 0 Å². The van der Waals surface area contributed by atoms with Crippen LogP contribution in [0.4, 0.5) is 0 Å². The fourth-order valence-electron chi connectivity index (χ4n) is 5.54. The van der Waals surface area contributed by atoms with Gasteiger partial charge in [-0.1, -0.05) is 0 Å². The molecule has 0 aliphatic carbocycles. The van der Waals surface area contributed by atoms with Crippen molar-refractivity contribution in [3.63, 3.8) is 0 Å². The first-order valence-corrected chi connectivity index (χ1v) is 12.7. The quantitative estimate of drug-likeness (QED) is 0.281. The molecule has 2 fully saturated rings. The number of nitrogens with zero attached hydrogens (tertiary/aromatic N) is 5. The molecule has 2 saturated heterocycles. The van der Waals surface area contributed by atoms with E-state index >= 15 is 0 Å². The predicted molar refractivity (Wildman–Crippen MR) is 103 cm³/mol. The van der Waals surface area contributed by atoms with Crippen molar-refractivity contribution in [2.24, 2.45) is 3.82 Å². The van der Waals surface area contributed by atoms with Gasteiger partial charge in [0.1, 0.15) is 0 Å². The zero-order chi connectivity index (χ0) is 18.4. The van der Waals surface area contributed by atoms with Crippen molar-refractivity contribution >= 4 is 16.9 Å². The zero-order valence-corrected chi connectivity index (χ0v) is 19.5. The van der Waals surface area contributed by atoms with E-state index in [0.717, 1.165) is 0 Å². The summed E-state index contributed by atoms with van der Waals surface area (Å²) >= 11 is -2.64. The van der Waals surface area contributed by atoms with Gasteiger partial charge in [0.15, 0.2) is 0 Å². The zero-order valence-electron chi connectivity index (χ0n) is 17.1. The topological polar surface area (TPSA) is 55.2 Å². The minimum atomic E-state index is -2.64. The monoisotopic (exact) mass is 391 g/mol. The van der Waals surface area contributed by atoms with E-state index in [1.807, 2.05) is 0 Å². The van der Waals surface area contributed by atoms with Gasteiger partial charge in [0.25, 0.3) is 0 Å².